The number of carbonyl (C=O) groups is 4. The number of pyridine rings is 1. The first-order chi connectivity index (χ1) is 22.5. The Labute approximate surface area is 278 Å². The molecule has 1 aliphatic rings. The van der Waals surface area contributed by atoms with Crippen molar-refractivity contribution in [2.75, 3.05) is 37.4 Å². The molecule has 2 aromatic rings. The Balaban J connectivity index is 1.54. The Bertz CT molecular complexity index is 1730. The molecule has 0 fully saturated rings. The number of aromatic nitrogens is 1. The molecule has 7 N–H and O–H groups in total. The SMILES string of the molecule is CCC(CS(=O)(=O)O)C(=O)NCNC(=O)COc1cc(C)c(S(=O)(=O)NC(CNC(=O)Cc2ccc3c(n2)NCCC3)C(=O)O)c(C)c1. The van der Waals surface area contributed by atoms with Crippen molar-refractivity contribution in [3.63, 3.8) is 0 Å². The van der Waals surface area contributed by atoms with Crippen LogP contribution in [0.25, 0.3) is 0 Å². The zero-order chi connectivity index (χ0) is 35.6. The summed E-state index contributed by atoms with van der Waals surface area (Å²) in [6.07, 6.45) is 1.87. The van der Waals surface area contributed by atoms with Crippen molar-refractivity contribution in [3.05, 3.63) is 46.6 Å². The molecule has 17 nitrogen and oxygen atoms in total. The molecule has 0 saturated heterocycles. The van der Waals surface area contributed by atoms with Crippen molar-refractivity contribution in [3.8, 4) is 5.75 Å². The van der Waals surface area contributed by atoms with Crippen LogP contribution in [0.5, 0.6) is 5.75 Å². The van der Waals surface area contributed by atoms with E-state index < -0.39 is 74.7 Å². The van der Waals surface area contributed by atoms with E-state index in [0.29, 0.717) is 11.5 Å². The number of carboxylic acids is 1. The Hall–Kier alpha value is -4.33. The molecule has 0 aliphatic carbocycles. The zero-order valence-corrected chi connectivity index (χ0v) is 28.3. The van der Waals surface area contributed by atoms with Crippen LogP contribution in [0.4, 0.5) is 5.82 Å². The van der Waals surface area contributed by atoms with Crippen molar-refractivity contribution in [1.29, 1.82) is 0 Å². The van der Waals surface area contributed by atoms with E-state index in [4.69, 9.17) is 9.29 Å². The molecule has 19 heteroatoms. The van der Waals surface area contributed by atoms with Crippen molar-refractivity contribution in [2.45, 2.75) is 57.4 Å². The quantitative estimate of drug-likeness (QED) is 0.0817. The van der Waals surface area contributed by atoms with Crippen molar-refractivity contribution in [2.24, 2.45) is 5.92 Å². The van der Waals surface area contributed by atoms with E-state index in [1.807, 2.05) is 6.07 Å². The highest BCUT2D eigenvalue weighted by Gasteiger charge is 2.29. The largest absolute Gasteiger partial charge is 0.484 e. The molecule has 1 aromatic carbocycles. The number of sulfonamides is 1. The number of carboxylic acid groups (broad SMARTS) is 1. The smallest absolute Gasteiger partial charge is 0.323 e. The van der Waals surface area contributed by atoms with Gasteiger partial charge in [0, 0.05) is 13.1 Å². The van der Waals surface area contributed by atoms with Crippen LogP contribution < -0.4 is 30.7 Å². The third kappa shape index (κ3) is 11.4. The number of carbonyl (C=O) groups excluding carboxylic acids is 3. The van der Waals surface area contributed by atoms with Gasteiger partial charge < -0.3 is 31.1 Å². The van der Waals surface area contributed by atoms with Crippen LogP contribution in [0.3, 0.4) is 0 Å². The zero-order valence-electron chi connectivity index (χ0n) is 26.7. The van der Waals surface area contributed by atoms with Gasteiger partial charge in [-0.05, 0) is 68.0 Å². The number of ether oxygens (including phenoxy) is 1. The maximum atomic E-state index is 13.3. The molecule has 264 valence electrons. The van der Waals surface area contributed by atoms with Gasteiger partial charge in [0.15, 0.2) is 6.61 Å². The summed E-state index contributed by atoms with van der Waals surface area (Å²) < 4.78 is 65.2. The normalized spacial score (nSPS) is 14.1. The Kier molecular flexibility index (Phi) is 13.2. The molecule has 1 aromatic heterocycles. The standard InChI is InChI=1S/C29H40N6O11S2/c1-4-19(15-47(41,42)43)28(38)33-16-32-25(37)14-46-22-10-17(2)26(18(3)11-22)48(44,45)35-23(29(39)40)13-31-24(36)12-21-8-7-20-6-5-9-30-27(20)34-21/h7-8,10-11,19,23,35H,4-6,9,12-16H2,1-3H3,(H,30,34)(H,31,36)(H,32,37)(H,33,38)(H,39,40)(H,41,42,43). The molecule has 0 saturated carbocycles. The minimum atomic E-state index is -4.40. The Morgan fingerprint density at radius 1 is 1.02 bits per heavy atom. The third-order valence-corrected chi connectivity index (χ3v) is 9.89. The number of fused-ring (bicyclic) bond motifs is 1. The molecule has 3 amide bonds. The highest BCUT2D eigenvalue weighted by atomic mass is 32.2. The van der Waals surface area contributed by atoms with Crippen LogP contribution in [0.15, 0.2) is 29.2 Å². The average molecular weight is 713 g/mol. The first-order valence-corrected chi connectivity index (χ1v) is 18.1. The maximum Gasteiger partial charge on any atom is 0.323 e. The second kappa shape index (κ2) is 16.7. The molecule has 2 heterocycles. The molecular formula is C29H40N6O11S2. The fraction of sp³-hybridized carbons (Fsp3) is 0.483. The molecule has 2 atom stereocenters. The number of hydrogen-bond donors (Lipinski definition) is 7. The van der Waals surface area contributed by atoms with E-state index in [1.165, 1.54) is 26.0 Å². The first kappa shape index (κ1) is 38.1. The topological polar surface area (TPSA) is 259 Å². The van der Waals surface area contributed by atoms with Gasteiger partial charge in [0.1, 0.15) is 17.6 Å². The van der Waals surface area contributed by atoms with Gasteiger partial charge in [-0.15, -0.1) is 0 Å². The van der Waals surface area contributed by atoms with Gasteiger partial charge >= 0.3 is 5.97 Å². The average Bonchev–Trinajstić information content (AvgIpc) is 2.99. The van der Waals surface area contributed by atoms with E-state index in [-0.39, 0.29) is 41.3 Å². The summed E-state index contributed by atoms with van der Waals surface area (Å²) in [6.45, 7) is 3.88. The van der Waals surface area contributed by atoms with E-state index in [2.05, 4.69) is 31.0 Å². The number of benzene rings is 1. The number of rotatable bonds is 17. The van der Waals surface area contributed by atoms with Gasteiger partial charge in [0.25, 0.3) is 16.0 Å². The number of aliphatic carboxylic acids is 1. The third-order valence-electron chi connectivity index (χ3n) is 7.29. The predicted octanol–water partition coefficient (Wildman–Crippen LogP) is -0.370. The van der Waals surface area contributed by atoms with Crippen molar-refractivity contribution >= 4 is 49.7 Å². The summed E-state index contributed by atoms with van der Waals surface area (Å²) in [5, 5.41) is 20.0. The van der Waals surface area contributed by atoms with Crippen molar-refractivity contribution in [1.82, 2.24) is 25.7 Å². The number of anilines is 1. The molecule has 0 spiro atoms. The highest BCUT2D eigenvalue weighted by molar-refractivity contribution is 7.89. The van der Waals surface area contributed by atoms with Gasteiger partial charge in [-0.25, -0.2) is 13.4 Å². The minimum Gasteiger partial charge on any atom is -0.484 e. The van der Waals surface area contributed by atoms with E-state index in [0.717, 1.165) is 24.9 Å². The summed E-state index contributed by atoms with van der Waals surface area (Å²) >= 11 is 0. The lowest BCUT2D eigenvalue weighted by Gasteiger charge is -2.19. The first-order valence-electron chi connectivity index (χ1n) is 15.0. The van der Waals surface area contributed by atoms with Crippen molar-refractivity contribution < 1.29 is 50.4 Å². The number of amides is 3. The lowest BCUT2D eigenvalue weighted by atomic mass is 10.1. The predicted molar refractivity (Wildman–Crippen MR) is 172 cm³/mol. The second-order valence-corrected chi connectivity index (χ2v) is 14.3. The second-order valence-electron chi connectivity index (χ2n) is 11.2. The van der Waals surface area contributed by atoms with Crippen LogP contribution >= 0.6 is 0 Å². The van der Waals surface area contributed by atoms with E-state index in [1.54, 1.807) is 13.0 Å². The fourth-order valence-electron chi connectivity index (χ4n) is 4.96. The molecule has 2 unspecified atom stereocenters. The summed E-state index contributed by atoms with van der Waals surface area (Å²) in [7, 11) is -8.77. The van der Waals surface area contributed by atoms with Gasteiger partial charge in [0.05, 0.1) is 35.3 Å². The fourth-order valence-corrected chi connectivity index (χ4v) is 7.50. The molecule has 48 heavy (non-hydrogen) atoms. The van der Waals surface area contributed by atoms with Crippen LogP contribution in [0.1, 0.15) is 42.1 Å². The van der Waals surface area contributed by atoms with Gasteiger partial charge in [-0.1, -0.05) is 13.0 Å². The van der Waals surface area contributed by atoms with Gasteiger partial charge in [0.2, 0.25) is 21.8 Å². The Morgan fingerprint density at radius 3 is 2.33 bits per heavy atom. The maximum absolute atomic E-state index is 13.3. The Morgan fingerprint density at radius 2 is 1.71 bits per heavy atom. The van der Waals surface area contributed by atoms with E-state index >= 15 is 0 Å². The monoisotopic (exact) mass is 712 g/mol. The molecule has 1 aliphatic heterocycles. The summed E-state index contributed by atoms with van der Waals surface area (Å²) in [5.74, 6) is -4.30. The lowest BCUT2D eigenvalue weighted by molar-refractivity contribution is -0.139. The van der Waals surface area contributed by atoms with Gasteiger partial charge in [-0.3, -0.25) is 23.7 Å². The number of nitrogens with one attached hydrogen (secondary N) is 5. The number of nitrogens with zero attached hydrogens (tertiary/aromatic N) is 1. The highest BCUT2D eigenvalue weighted by Crippen LogP contribution is 2.26. The van der Waals surface area contributed by atoms with Crippen LogP contribution in [-0.2, 0) is 52.2 Å². The van der Waals surface area contributed by atoms with Crippen LogP contribution in [0, 0.1) is 19.8 Å². The van der Waals surface area contributed by atoms with Gasteiger partial charge in [-0.2, -0.15) is 13.1 Å². The van der Waals surface area contributed by atoms with Crippen LogP contribution in [-0.4, -0.2) is 93.3 Å². The van der Waals surface area contributed by atoms with E-state index in [9.17, 15) is 41.1 Å². The minimum absolute atomic E-state index is 0.128. The summed E-state index contributed by atoms with van der Waals surface area (Å²) in [5.41, 5.74) is 1.90. The molecule has 0 radical (unpaired) electrons. The molecule has 0 bridgehead atoms. The lowest BCUT2D eigenvalue weighted by Crippen LogP contribution is -2.48. The number of aryl methyl sites for hydroxylation is 3. The number of hydrogen-bond acceptors (Lipinski definition) is 11. The summed E-state index contributed by atoms with van der Waals surface area (Å²) in [6, 6.07) is 4.60. The summed E-state index contributed by atoms with van der Waals surface area (Å²) in [4.78, 5) is 53.0. The molecular weight excluding hydrogens is 672 g/mol. The van der Waals surface area contributed by atoms with Crippen LogP contribution in [0.2, 0.25) is 0 Å². The molecule has 3 rings (SSSR count).